The maximum atomic E-state index is 13.0. The van der Waals surface area contributed by atoms with Gasteiger partial charge in [0, 0.05) is 37.6 Å². The van der Waals surface area contributed by atoms with E-state index in [-0.39, 0.29) is 23.1 Å². The molecule has 1 aromatic carbocycles. The number of ether oxygens (including phenoxy) is 1. The van der Waals surface area contributed by atoms with Crippen LogP contribution in [0, 0.1) is 0 Å². The largest absolute Gasteiger partial charge is 0.495 e. The Hall–Kier alpha value is -1.31. The van der Waals surface area contributed by atoms with Crippen molar-refractivity contribution in [2.45, 2.75) is 31.1 Å². The van der Waals surface area contributed by atoms with Gasteiger partial charge in [-0.2, -0.15) is 4.31 Å². The second kappa shape index (κ2) is 8.18. The molecule has 0 N–H and O–H groups in total. The van der Waals surface area contributed by atoms with Crippen LogP contribution in [-0.2, 0) is 14.8 Å². The summed E-state index contributed by atoms with van der Waals surface area (Å²) in [4.78, 5) is 13.8. The molecule has 0 unspecified atom stereocenters. The van der Waals surface area contributed by atoms with Gasteiger partial charge in [-0.15, -0.1) is 0 Å². The van der Waals surface area contributed by atoms with E-state index < -0.39 is 10.0 Å². The van der Waals surface area contributed by atoms with Crippen LogP contribution in [0.3, 0.4) is 0 Å². The molecule has 134 valence electrons. The summed E-state index contributed by atoms with van der Waals surface area (Å²) in [5, 5.41) is 0.337. The molecular weight excluding hydrogens is 352 g/mol. The van der Waals surface area contributed by atoms with Crippen LogP contribution in [0.2, 0.25) is 5.02 Å². The quantitative estimate of drug-likeness (QED) is 0.793. The SMILES string of the molecule is CCCC(=O)N1CCCN(S(=O)(=O)c2cc(Cl)ccc2OC)CC1. The normalized spacial score (nSPS) is 16.7. The fourth-order valence-corrected chi connectivity index (χ4v) is 4.63. The molecule has 0 saturated carbocycles. The average Bonchev–Trinajstić information content (AvgIpc) is 2.81. The van der Waals surface area contributed by atoms with Gasteiger partial charge in [-0.25, -0.2) is 8.42 Å². The Balaban J connectivity index is 2.22. The van der Waals surface area contributed by atoms with Crippen molar-refractivity contribution in [1.29, 1.82) is 0 Å². The van der Waals surface area contributed by atoms with Gasteiger partial charge in [-0.05, 0) is 31.0 Å². The number of methoxy groups -OCH3 is 1. The molecule has 1 amide bonds. The van der Waals surface area contributed by atoms with E-state index in [0.29, 0.717) is 37.5 Å². The van der Waals surface area contributed by atoms with Crippen molar-refractivity contribution in [3.63, 3.8) is 0 Å². The number of rotatable bonds is 5. The summed E-state index contributed by atoms with van der Waals surface area (Å²) in [6, 6.07) is 4.54. The number of sulfonamides is 1. The van der Waals surface area contributed by atoms with Gasteiger partial charge >= 0.3 is 0 Å². The topological polar surface area (TPSA) is 66.9 Å². The maximum Gasteiger partial charge on any atom is 0.246 e. The summed E-state index contributed by atoms with van der Waals surface area (Å²) < 4.78 is 32.5. The summed E-state index contributed by atoms with van der Waals surface area (Å²) in [6.45, 7) is 3.58. The van der Waals surface area contributed by atoms with Crippen molar-refractivity contribution in [2.75, 3.05) is 33.3 Å². The first-order chi connectivity index (χ1) is 11.4. The van der Waals surface area contributed by atoms with Crippen LogP contribution in [0.25, 0.3) is 0 Å². The van der Waals surface area contributed by atoms with Gasteiger partial charge in [-0.1, -0.05) is 18.5 Å². The van der Waals surface area contributed by atoms with Crippen LogP contribution in [-0.4, -0.2) is 56.8 Å². The van der Waals surface area contributed by atoms with E-state index in [1.807, 2.05) is 6.92 Å². The fourth-order valence-electron chi connectivity index (χ4n) is 2.75. The minimum Gasteiger partial charge on any atom is -0.495 e. The van der Waals surface area contributed by atoms with Gasteiger partial charge in [0.05, 0.1) is 7.11 Å². The summed E-state index contributed by atoms with van der Waals surface area (Å²) in [7, 11) is -2.30. The zero-order chi connectivity index (χ0) is 17.7. The lowest BCUT2D eigenvalue weighted by molar-refractivity contribution is -0.131. The van der Waals surface area contributed by atoms with Gasteiger partial charge in [0.15, 0.2) is 0 Å². The molecule has 1 fully saturated rings. The van der Waals surface area contributed by atoms with Crippen LogP contribution >= 0.6 is 11.6 Å². The monoisotopic (exact) mass is 374 g/mol. The zero-order valence-electron chi connectivity index (χ0n) is 14.0. The van der Waals surface area contributed by atoms with Gasteiger partial charge in [0.2, 0.25) is 15.9 Å². The molecule has 0 aliphatic carbocycles. The highest BCUT2D eigenvalue weighted by atomic mass is 35.5. The second-order valence-corrected chi connectivity index (χ2v) is 8.03. The predicted octanol–water partition coefficient (Wildman–Crippen LogP) is 2.37. The second-order valence-electron chi connectivity index (χ2n) is 5.68. The molecule has 1 heterocycles. The minimum absolute atomic E-state index is 0.0610. The molecule has 6 nitrogen and oxygen atoms in total. The van der Waals surface area contributed by atoms with Gasteiger partial charge in [0.1, 0.15) is 10.6 Å². The van der Waals surface area contributed by atoms with Crippen molar-refractivity contribution < 1.29 is 17.9 Å². The smallest absolute Gasteiger partial charge is 0.246 e. The van der Waals surface area contributed by atoms with Crippen LogP contribution in [0.4, 0.5) is 0 Å². The van der Waals surface area contributed by atoms with Crippen LogP contribution < -0.4 is 4.74 Å². The van der Waals surface area contributed by atoms with E-state index in [4.69, 9.17) is 16.3 Å². The third kappa shape index (κ3) is 4.20. The summed E-state index contributed by atoms with van der Waals surface area (Å²) in [6.07, 6.45) is 1.89. The van der Waals surface area contributed by atoms with Crippen molar-refractivity contribution in [1.82, 2.24) is 9.21 Å². The van der Waals surface area contributed by atoms with E-state index in [1.165, 1.54) is 17.5 Å². The first-order valence-electron chi connectivity index (χ1n) is 8.01. The Morgan fingerprint density at radius 3 is 2.67 bits per heavy atom. The van der Waals surface area contributed by atoms with E-state index in [2.05, 4.69) is 0 Å². The lowest BCUT2D eigenvalue weighted by Gasteiger charge is -2.22. The minimum atomic E-state index is -3.73. The van der Waals surface area contributed by atoms with Gasteiger partial charge < -0.3 is 9.64 Å². The standard InChI is InChI=1S/C16H23ClN2O4S/c1-3-5-16(20)18-8-4-9-19(11-10-18)24(21,22)15-12-13(17)6-7-14(15)23-2/h6-7,12H,3-5,8-11H2,1-2H3. The van der Waals surface area contributed by atoms with Gasteiger partial charge in [-0.3, -0.25) is 4.79 Å². The number of halogens is 1. The Morgan fingerprint density at radius 2 is 2.00 bits per heavy atom. The highest BCUT2D eigenvalue weighted by molar-refractivity contribution is 7.89. The lowest BCUT2D eigenvalue weighted by Crippen LogP contribution is -2.37. The summed E-state index contributed by atoms with van der Waals surface area (Å²) >= 11 is 5.96. The molecule has 24 heavy (non-hydrogen) atoms. The summed E-state index contributed by atoms with van der Waals surface area (Å²) in [5.74, 6) is 0.347. The number of hydrogen-bond acceptors (Lipinski definition) is 4. The molecular formula is C16H23ClN2O4S. The highest BCUT2D eigenvalue weighted by Gasteiger charge is 2.30. The van der Waals surface area contributed by atoms with Crippen molar-refractivity contribution in [3.05, 3.63) is 23.2 Å². The van der Waals surface area contributed by atoms with Crippen LogP contribution in [0.5, 0.6) is 5.75 Å². The maximum absolute atomic E-state index is 13.0. The van der Waals surface area contributed by atoms with Crippen LogP contribution in [0.15, 0.2) is 23.1 Å². The van der Waals surface area contributed by atoms with Crippen LogP contribution in [0.1, 0.15) is 26.2 Å². The van der Waals surface area contributed by atoms with Crippen molar-refractivity contribution >= 4 is 27.5 Å². The van der Waals surface area contributed by atoms with E-state index >= 15 is 0 Å². The lowest BCUT2D eigenvalue weighted by atomic mass is 10.3. The first kappa shape index (κ1) is 19.0. The Morgan fingerprint density at radius 1 is 1.25 bits per heavy atom. The molecule has 8 heteroatoms. The fraction of sp³-hybridized carbons (Fsp3) is 0.562. The number of hydrogen-bond donors (Lipinski definition) is 0. The molecule has 1 aromatic rings. The average molecular weight is 375 g/mol. The molecule has 2 rings (SSSR count). The third-order valence-electron chi connectivity index (χ3n) is 4.01. The molecule has 1 saturated heterocycles. The predicted molar refractivity (Wildman–Crippen MR) is 92.9 cm³/mol. The molecule has 1 aliphatic rings. The number of benzene rings is 1. The summed E-state index contributed by atoms with van der Waals surface area (Å²) in [5.41, 5.74) is 0. The molecule has 1 aliphatic heterocycles. The first-order valence-corrected chi connectivity index (χ1v) is 9.83. The number of amides is 1. The van der Waals surface area contributed by atoms with Gasteiger partial charge in [0.25, 0.3) is 0 Å². The molecule has 0 radical (unpaired) electrons. The van der Waals surface area contributed by atoms with E-state index in [1.54, 1.807) is 17.0 Å². The van der Waals surface area contributed by atoms with Crippen molar-refractivity contribution in [3.8, 4) is 5.75 Å². The Bertz CT molecular complexity index is 693. The molecule has 0 atom stereocenters. The highest BCUT2D eigenvalue weighted by Crippen LogP contribution is 2.30. The van der Waals surface area contributed by atoms with E-state index in [9.17, 15) is 13.2 Å². The zero-order valence-corrected chi connectivity index (χ0v) is 15.6. The number of nitrogens with zero attached hydrogens (tertiary/aromatic N) is 2. The Labute approximate surface area is 148 Å². The molecule has 0 spiro atoms. The molecule has 0 aromatic heterocycles. The Kier molecular flexibility index (Phi) is 6.48. The number of carbonyl (C=O) groups excluding carboxylic acids is 1. The number of carbonyl (C=O) groups is 1. The van der Waals surface area contributed by atoms with Crippen molar-refractivity contribution in [2.24, 2.45) is 0 Å². The van der Waals surface area contributed by atoms with E-state index in [0.717, 1.165) is 6.42 Å². The third-order valence-corrected chi connectivity index (χ3v) is 6.17. The molecule has 0 bridgehead atoms.